The number of hydrogen-bond acceptors (Lipinski definition) is 3. The summed E-state index contributed by atoms with van der Waals surface area (Å²) in [4.78, 5) is 0. The molecule has 0 unspecified atom stereocenters. The van der Waals surface area contributed by atoms with Crippen molar-refractivity contribution in [3.05, 3.63) is 23.8 Å². The summed E-state index contributed by atoms with van der Waals surface area (Å²) in [6, 6.07) is 4.95. The number of ether oxygens (including phenoxy) is 3. The molecule has 0 bridgehead atoms. The maximum absolute atomic E-state index is 11.7. The van der Waals surface area contributed by atoms with E-state index < -0.39 is 13.0 Å². The Morgan fingerprint density at radius 2 is 1.89 bits per heavy atom. The number of rotatable bonds is 6. The van der Waals surface area contributed by atoms with Crippen LogP contribution in [0.3, 0.4) is 0 Å². The first-order valence-electron chi connectivity index (χ1n) is 5.02. The van der Waals surface area contributed by atoms with Crippen molar-refractivity contribution in [2.45, 2.75) is 12.2 Å². The zero-order valence-corrected chi connectivity index (χ0v) is 10.3. The summed E-state index contributed by atoms with van der Waals surface area (Å²) < 4.78 is 48.9. The summed E-state index contributed by atoms with van der Waals surface area (Å²) >= 11 is 5.64. The summed E-state index contributed by atoms with van der Waals surface area (Å²) in [5, 5.41) is 0. The Morgan fingerprint density at radius 1 is 1.17 bits per heavy atom. The highest BCUT2D eigenvalue weighted by Gasteiger charge is 2.28. The summed E-state index contributed by atoms with van der Waals surface area (Å²) in [7, 11) is 1.44. The molecule has 0 aliphatic carbocycles. The third kappa shape index (κ3) is 5.01. The molecule has 0 radical (unpaired) electrons. The fourth-order valence-electron chi connectivity index (χ4n) is 1.22. The molecule has 0 aromatic heterocycles. The minimum absolute atomic E-state index is 0.226. The first kappa shape index (κ1) is 14.9. The lowest BCUT2D eigenvalue weighted by Crippen LogP contribution is -2.18. The van der Waals surface area contributed by atoms with Crippen LogP contribution in [0.25, 0.3) is 0 Å². The van der Waals surface area contributed by atoms with Gasteiger partial charge in [-0.3, -0.25) is 4.74 Å². The quantitative estimate of drug-likeness (QED) is 0.592. The van der Waals surface area contributed by atoms with Gasteiger partial charge in [0.15, 0.2) is 11.5 Å². The highest BCUT2D eigenvalue weighted by atomic mass is 35.5. The predicted molar refractivity (Wildman–Crippen MR) is 60.1 cm³/mol. The lowest BCUT2D eigenvalue weighted by Gasteiger charge is -2.12. The van der Waals surface area contributed by atoms with Gasteiger partial charge in [0.25, 0.3) is 0 Å². The van der Waals surface area contributed by atoms with Crippen molar-refractivity contribution in [1.82, 2.24) is 0 Å². The molecule has 18 heavy (non-hydrogen) atoms. The van der Waals surface area contributed by atoms with Crippen molar-refractivity contribution in [2.24, 2.45) is 0 Å². The summed E-state index contributed by atoms with van der Waals surface area (Å²) in [6.07, 6.45) is -4.64. The molecule has 1 aromatic carbocycles. The SMILES string of the molecule is COc1cc(CCl)ccc1OCCOC(F)(F)F. The van der Waals surface area contributed by atoms with Crippen molar-refractivity contribution in [1.29, 1.82) is 0 Å². The largest absolute Gasteiger partial charge is 0.522 e. The molecule has 0 aliphatic rings. The molecular weight excluding hydrogens is 273 g/mol. The van der Waals surface area contributed by atoms with Gasteiger partial charge in [0, 0.05) is 5.88 Å². The normalized spacial score (nSPS) is 11.4. The Kier molecular flexibility index (Phi) is 5.55. The molecule has 0 aliphatic heterocycles. The fourth-order valence-corrected chi connectivity index (χ4v) is 1.39. The van der Waals surface area contributed by atoms with Crippen molar-refractivity contribution in [3.63, 3.8) is 0 Å². The van der Waals surface area contributed by atoms with Gasteiger partial charge in [-0.25, -0.2) is 0 Å². The first-order chi connectivity index (χ1) is 8.46. The molecule has 102 valence electrons. The maximum Gasteiger partial charge on any atom is 0.522 e. The summed E-state index contributed by atoms with van der Waals surface area (Å²) in [6.45, 7) is -0.806. The molecule has 7 heteroatoms. The van der Waals surface area contributed by atoms with Crippen LogP contribution >= 0.6 is 11.6 Å². The smallest absolute Gasteiger partial charge is 0.493 e. The van der Waals surface area contributed by atoms with Crippen molar-refractivity contribution < 1.29 is 27.4 Å². The lowest BCUT2D eigenvalue weighted by atomic mass is 10.2. The zero-order chi connectivity index (χ0) is 13.6. The third-order valence-corrected chi connectivity index (χ3v) is 2.30. The number of methoxy groups -OCH3 is 1. The van der Waals surface area contributed by atoms with E-state index in [1.54, 1.807) is 18.2 Å². The molecule has 3 nitrogen and oxygen atoms in total. The van der Waals surface area contributed by atoms with Crippen LogP contribution in [0.15, 0.2) is 18.2 Å². The molecular formula is C11H12ClF3O3. The standard InChI is InChI=1S/C11H12ClF3O3/c1-16-10-6-8(7-12)2-3-9(10)17-4-5-18-11(13,14)15/h2-3,6H,4-5,7H2,1H3. The summed E-state index contributed by atoms with van der Waals surface area (Å²) in [5.41, 5.74) is 0.826. The second-order valence-electron chi connectivity index (χ2n) is 3.26. The van der Waals surface area contributed by atoms with E-state index in [4.69, 9.17) is 21.1 Å². The number of hydrogen-bond donors (Lipinski definition) is 0. The molecule has 0 saturated heterocycles. The molecule has 0 fully saturated rings. The minimum atomic E-state index is -4.64. The van der Waals surface area contributed by atoms with Crippen LogP contribution < -0.4 is 9.47 Å². The van der Waals surface area contributed by atoms with E-state index in [2.05, 4.69) is 4.74 Å². The average Bonchev–Trinajstić information content (AvgIpc) is 2.33. The molecule has 0 heterocycles. The van der Waals surface area contributed by atoms with E-state index in [1.165, 1.54) is 7.11 Å². The van der Waals surface area contributed by atoms with Crippen LogP contribution in [0, 0.1) is 0 Å². The van der Waals surface area contributed by atoms with E-state index >= 15 is 0 Å². The summed E-state index contributed by atoms with van der Waals surface area (Å²) in [5.74, 6) is 1.07. The van der Waals surface area contributed by atoms with Crippen LogP contribution in [-0.4, -0.2) is 26.7 Å². The molecule has 0 N–H and O–H groups in total. The van der Waals surface area contributed by atoms with Crippen molar-refractivity contribution in [3.8, 4) is 11.5 Å². The third-order valence-electron chi connectivity index (χ3n) is 1.99. The number of alkyl halides is 4. The average molecular weight is 285 g/mol. The zero-order valence-electron chi connectivity index (χ0n) is 9.59. The molecule has 0 atom stereocenters. The van der Waals surface area contributed by atoms with Crippen LogP contribution in [0.4, 0.5) is 13.2 Å². The fraction of sp³-hybridized carbons (Fsp3) is 0.455. The van der Waals surface area contributed by atoms with Gasteiger partial charge in [-0.05, 0) is 17.7 Å². The van der Waals surface area contributed by atoms with Gasteiger partial charge in [-0.15, -0.1) is 24.8 Å². The van der Waals surface area contributed by atoms with E-state index in [1.807, 2.05) is 0 Å². The number of halogens is 4. The van der Waals surface area contributed by atoms with Gasteiger partial charge in [0.05, 0.1) is 13.7 Å². The second-order valence-corrected chi connectivity index (χ2v) is 3.53. The van der Waals surface area contributed by atoms with Gasteiger partial charge in [-0.2, -0.15) is 0 Å². The Hall–Kier alpha value is -1.14. The maximum atomic E-state index is 11.7. The highest BCUT2D eigenvalue weighted by molar-refractivity contribution is 6.17. The topological polar surface area (TPSA) is 27.7 Å². The highest BCUT2D eigenvalue weighted by Crippen LogP contribution is 2.28. The van der Waals surface area contributed by atoms with Gasteiger partial charge in [0.2, 0.25) is 0 Å². The second kappa shape index (κ2) is 6.70. The van der Waals surface area contributed by atoms with Gasteiger partial charge < -0.3 is 9.47 Å². The Bertz CT molecular complexity index is 382. The lowest BCUT2D eigenvalue weighted by molar-refractivity contribution is -0.325. The minimum Gasteiger partial charge on any atom is -0.493 e. The monoisotopic (exact) mass is 284 g/mol. The van der Waals surface area contributed by atoms with Crippen LogP contribution in [0.2, 0.25) is 0 Å². The Balaban J connectivity index is 2.51. The van der Waals surface area contributed by atoms with Crippen molar-refractivity contribution >= 4 is 11.6 Å². The first-order valence-corrected chi connectivity index (χ1v) is 5.56. The van der Waals surface area contributed by atoms with Crippen LogP contribution in [0.5, 0.6) is 11.5 Å². The van der Waals surface area contributed by atoms with E-state index in [0.29, 0.717) is 17.4 Å². The van der Waals surface area contributed by atoms with Crippen LogP contribution in [-0.2, 0) is 10.6 Å². The molecule has 1 rings (SSSR count). The Labute approximate surface area is 107 Å². The van der Waals surface area contributed by atoms with Crippen LogP contribution in [0.1, 0.15) is 5.56 Å². The Morgan fingerprint density at radius 3 is 2.44 bits per heavy atom. The van der Waals surface area contributed by atoms with Gasteiger partial charge in [-0.1, -0.05) is 6.07 Å². The predicted octanol–water partition coefficient (Wildman–Crippen LogP) is 3.35. The molecule has 0 saturated carbocycles. The molecule has 0 spiro atoms. The molecule has 1 aromatic rings. The number of benzene rings is 1. The van der Waals surface area contributed by atoms with E-state index in [0.717, 1.165) is 5.56 Å². The molecule has 0 amide bonds. The van der Waals surface area contributed by atoms with Gasteiger partial charge >= 0.3 is 6.36 Å². The van der Waals surface area contributed by atoms with Gasteiger partial charge in [0.1, 0.15) is 6.61 Å². The van der Waals surface area contributed by atoms with E-state index in [9.17, 15) is 13.2 Å². The van der Waals surface area contributed by atoms with Crippen molar-refractivity contribution in [2.75, 3.05) is 20.3 Å². The van der Waals surface area contributed by atoms with E-state index in [-0.39, 0.29) is 6.61 Å².